The fraction of sp³-hybridized carbons (Fsp3) is 0. The molecule has 3 heterocycles. The molecule has 0 aliphatic carbocycles. The monoisotopic (exact) mass is 508 g/mol. The van der Waals surface area contributed by atoms with E-state index in [0.29, 0.717) is 0 Å². The smallest absolute Gasteiger partial charge is 0.0627 e. The van der Waals surface area contributed by atoms with E-state index >= 15 is 0 Å². The van der Waals surface area contributed by atoms with Gasteiger partial charge in [-0.2, -0.15) is 0 Å². The molecule has 0 fully saturated rings. The van der Waals surface area contributed by atoms with E-state index in [1.165, 1.54) is 76.7 Å². The van der Waals surface area contributed by atoms with E-state index < -0.39 is 0 Å². The average Bonchev–Trinajstić information content (AvgIpc) is 3.58. The zero-order valence-electron chi connectivity index (χ0n) is 21.8. The minimum absolute atomic E-state index is 1.17. The van der Waals surface area contributed by atoms with Gasteiger partial charge in [0.1, 0.15) is 0 Å². The molecule has 0 aliphatic rings. The van der Waals surface area contributed by atoms with Gasteiger partial charge >= 0.3 is 0 Å². The number of rotatable bonds is 2. The van der Waals surface area contributed by atoms with E-state index in [1.54, 1.807) is 0 Å². The van der Waals surface area contributed by atoms with Gasteiger partial charge in [0.2, 0.25) is 0 Å². The minimum Gasteiger partial charge on any atom is -0.309 e. The molecule has 0 spiro atoms. The maximum Gasteiger partial charge on any atom is 0.0627 e. The molecule has 0 unspecified atom stereocenters. The van der Waals surface area contributed by atoms with Gasteiger partial charge in [-0.25, -0.2) is 0 Å². The summed E-state index contributed by atoms with van der Waals surface area (Å²) in [5.41, 5.74) is 9.81. The third-order valence-corrected chi connectivity index (χ3v) is 8.45. The van der Waals surface area contributed by atoms with Crippen molar-refractivity contribution in [3.63, 3.8) is 0 Å². The van der Waals surface area contributed by atoms with Crippen molar-refractivity contribution in [2.24, 2.45) is 0 Å². The van der Waals surface area contributed by atoms with E-state index in [-0.39, 0.29) is 0 Å². The van der Waals surface area contributed by atoms with Crippen molar-refractivity contribution in [2.45, 2.75) is 0 Å². The van der Waals surface area contributed by atoms with Crippen molar-refractivity contribution in [3.8, 4) is 16.8 Å². The molecule has 0 radical (unpaired) electrons. The van der Waals surface area contributed by atoms with E-state index in [9.17, 15) is 0 Å². The largest absolute Gasteiger partial charge is 0.309 e. The van der Waals surface area contributed by atoms with Gasteiger partial charge < -0.3 is 8.97 Å². The van der Waals surface area contributed by atoms with Crippen LogP contribution in [0.25, 0.3) is 76.7 Å². The molecule has 0 saturated heterocycles. The average molecular weight is 509 g/mol. The topological polar surface area (TPSA) is 9.34 Å². The molecule has 6 aromatic carbocycles. The number of nitrogens with zero attached hydrogens (tertiary/aromatic N) is 2. The Morgan fingerprint density at radius 2 is 1.02 bits per heavy atom. The summed E-state index contributed by atoms with van der Waals surface area (Å²) in [7, 11) is 0. The Morgan fingerprint density at radius 1 is 0.375 bits per heavy atom. The molecule has 2 heteroatoms. The predicted octanol–water partition coefficient (Wildman–Crippen LogP) is 10.2. The molecular weight excluding hydrogens is 484 g/mol. The van der Waals surface area contributed by atoms with Crippen LogP contribution in [-0.4, -0.2) is 8.97 Å². The first-order valence-electron chi connectivity index (χ1n) is 13.8. The van der Waals surface area contributed by atoms with Crippen molar-refractivity contribution in [3.05, 3.63) is 146 Å². The highest BCUT2D eigenvalue weighted by molar-refractivity contribution is 6.28. The van der Waals surface area contributed by atoms with Gasteiger partial charge in [-0.1, -0.05) is 109 Å². The highest BCUT2D eigenvalue weighted by Gasteiger charge is 2.20. The number of hydrogen-bond acceptors (Lipinski definition) is 0. The number of para-hydroxylation sites is 3. The Morgan fingerprint density at radius 3 is 1.90 bits per heavy atom. The van der Waals surface area contributed by atoms with Crippen molar-refractivity contribution in [2.75, 3.05) is 0 Å². The van der Waals surface area contributed by atoms with Crippen LogP contribution in [0.1, 0.15) is 0 Å². The molecule has 9 rings (SSSR count). The van der Waals surface area contributed by atoms with Crippen LogP contribution in [0.4, 0.5) is 0 Å². The minimum atomic E-state index is 1.17. The Labute approximate surface area is 230 Å². The standard InChI is InChI=1S/C38H24N2/c1-2-11-25(12-3-1)26-14-10-15-28(23-26)39-34-19-8-5-16-29(34)30-21-22-32-36-24-27-13-4-7-18-33(27)40(36)35-20-9-6-17-31(35)37(32)38(30)39/h1-24H. The van der Waals surface area contributed by atoms with Crippen LogP contribution in [0, 0.1) is 0 Å². The molecule has 9 aromatic rings. The van der Waals surface area contributed by atoms with Crippen LogP contribution in [0.5, 0.6) is 0 Å². The summed E-state index contributed by atoms with van der Waals surface area (Å²) < 4.78 is 4.91. The lowest BCUT2D eigenvalue weighted by Gasteiger charge is -2.15. The van der Waals surface area contributed by atoms with Gasteiger partial charge in [-0.15, -0.1) is 0 Å². The molecule has 40 heavy (non-hydrogen) atoms. The Hall–Kier alpha value is -5.34. The Bertz CT molecular complexity index is 2420. The Balaban J connectivity index is 1.51. The van der Waals surface area contributed by atoms with Gasteiger partial charge in [-0.3, -0.25) is 0 Å². The molecule has 0 saturated carbocycles. The van der Waals surface area contributed by atoms with Gasteiger partial charge in [0.15, 0.2) is 0 Å². The molecule has 0 N–H and O–H groups in total. The summed E-state index contributed by atoms with van der Waals surface area (Å²) in [6.07, 6.45) is 0. The summed E-state index contributed by atoms with van der Waals surface area (Å²) >= 11 is 0. The number of aromatic nitrogens is 2. The van der Waals surface area contributed by atoms with Gasteiger partial charge in [-0.05, 0) is 47.5 Å². The highest BCUT2D eigenvalue weighted by atomic mass is 15.0. The zero-order chi connectivity index (χ0) is 26.2. The summed E-state index contributed by atoms with van der Waals surface area (Å²) in [5.74, 6) is 0. The molecule has 2 nitrogen and oxygen atoms in total. The van der Waals surface area contributed by atoms with Gasteiger partial charge in [0, 0.05) is 38.0 Å². The van der Waals surface area contributed by atoms with Crippen LogP contribution in [0.15, 0.2) is 146 Å². The second kappa shape index (κ2) is 8.08. The van der Waals surface area contributed by atoms with E-state index in [4.69, 9.17) is 0 Å². The SMILES string of the molecule is c1ccc(-c2cccc(-n3c4ccccc4c4ccc5c(c6ccccc6n6c7ccccc7cc56)c43)c2)cc1. The van der Waals surface area contributed by atoms with Crippen molar-refractivity contribution < 1.29 is 0 Å². The molecule has 0 aliphatic heterocycles. The number of fused-ring (bicyclic) bond motifs is 12. The second-order valence-corrected chi connectivity index (χ2v) is 10.6. The van der Waals surface area contributed by atoms with Crippen LogP contribution in [-0.2, 0) is 0 Å². The lowest BCUT2D eigenvalue weighted by molar-refractivity contribution is 1.19. The quantitative estimate of drug-likeness (QED) is 0.206. The lowest BCUT2D eigenvalue weighted by Crippen LogP contribution is -1.97. The fourth-order valence-electron chi connectivity index (χ4n) is 6.76. The number of benzene rings is 6. The molecule has 186 valence electrons. The third kappa shape index (κ3) is 2.88. The molecule has 0 amide bonds. The van der Waals surface area contributed by atoms with Crippen molar-refractivity contribution >= 4 is 59.9 Å². The lowest BCUT2D eigenvalue weighted by atomic mass is 10.0. The van der Waals surface area contributed by atoms with Crippen LogP contribution in [0.2, 0.25) is 0 Å². The first kappa shape index (κ1) is 21.6. The van der Waals surface area contributed by atoms with Gasteiger partial charge in [0.25, 0.3) is 0 Å². The summed E-state index contributed by atoms with van der Waals surface area (Å²) in [6, 6.07) is 53.0. The Kier molecular flexibility index (Phi) is 4.36. The summed E-state index contributed by atoms with van der Waals surface area (Å²) in [6.45, 7) is 0. The maximum atomic E-state index is 2.48. The summed E-state index contributed by atoms with van der Waals surface area (Å²) in [4.78, 5) is 0. The second-order valence-electron chi connectivity index (χ2n) is 10.6. The van der Waals surface area contributed by atoms with Crippen LogP contribution in [0.3, 0.4) is 0 Å². The first-order chi connectivity index (χ1) is 19.9. The van der Waals surface area contributed by atoms with E-state index in [2.05, 4.69) is 155 Å². The van der Waals surface area contributed by atoms with Crippen molar-refractivity contribution in [1.82, 2.24) is 8.97 Å². The molecule has 3 aromatic heterocycles. The molecule has 0 bridgehead atoms. The zero-order valence-corrected chi connectivity index (χ0v) is 21.8. The van der Waals surface area contributed by atoms with Gasteiger partial charge in [0.05, 0.1) is 27.6 Å². The fourth-order valence-corrected chi connectivity index (χ4v) is 6.76. The number of hydrogen-bond donors (Lipinski definition) is 0. The van der Waals surface area contributed by atoms with Crippen LogP contribution < -0.4 is 0 Å². The third-order valence-electron chi connectivity index (χ3n) is 8.45. The predicted molar refractivity (Wildman–Crippen MR) is 170 cm³/mol. The normalized spacial score (nSPS) is 12.0. The number of pyridine rings is 1. The van der Waals surface area contributed by atoms with E-state index in [0.717, 1.165) is 0 Å². The maximum absolute atomic E-state index is 2.48. The van der Waals surface area contributed by atoms with Crippen molar-refractivity contribution in [1.29, 1.82) is 0 Å². The molecule has 0 atom stereocenters. The van der Waals surface area contributed by atoms with Crippen LogP contribution >= 0.6 is 0 Å². The first-order valence-corrected chi connectivity index (χ1v) is 13.8. The molecular formula is C38H24N2. The highest BCUT2D eigenvalue weighted by Crippen LogP contribution is 2.42. The summed E-state index contributed by atoms with van der Waals surface area (Å²) in [5, 5.41) is 7.64. The van der Waals surface area contributed by atoms with E-state index in [1.807, 2.05) is 0 Å².